The van der Waals surface area contributed by atoms with Crippen molar-refractivity contribution in [1.82, 2.24) is 15.0 Å². The van der Waals surface area contributed by atoms with Crippen LogP contribution in [0.15, 0.2) is 12.1 Å². The van der Waals surface area contributed by atoms with E-state index in [0.717, 1.165) is 29.4 Å². The second-order valence-electron chi connectivity index (χ2n) is 5.89. The van der Waals surface area contributed by atoms with Gasteiger partial charge in [0.05, 0.1) is 4.34 Å². The smallest absolute Gasteiger partial charge is 0.319 e. The lowest BCUT2D eigenvalue weighted by Gasteiger charge is -2.09. The number of carbonyl (C=O) groups is 2. The number of urea groups is 1. The lowest BCUT2D eigenvalue weighted by Crippen LogP contribution is -2.32. The summed E-state index contributed by atoms with van der Waals surface area (Å²) in [6, 6.07) is 3.55. The fourth-order valence-electron chi connectivity index (χ4n) is 2.07. The topological polar surface area (TPSA) is 118 Å². The van der Waals surface area contributed by atoms with Crippen molar-refractivity contribution in [2.24, 2.45) is 5.73 Å². The number of amides is 3. The molecule has 0 fully saturated rings. The molecule has 27 heavy (non-hydrogen) atoms. The van der Waals surface area contributed by atoms with E-state index in [1.165, 1.54) is 11.3 Å². The minimum absolute atomic E-state index is 0.0549. The highest BCUT2D eigenvalue weighted by Gasteiger charge is 2.22. The van der Waals surface area contributed by atoms with Crippen LogP contribution in [0.3, 0.4) is 0 Å². The van der Waals surface area contributed by atoms with Crippen LogP contribution in [0.25, 0.3) is 0 Å². The number of nitrogens with two attached hydrogens (primary N) is 1. The minimum atomic E-state index is -0.723. The lowest BCUT2D eigenvalue weighted by atomic mass is 10.3. The summed E-state index contributed by atoms with van der Waals surface area (Å²) in [6.07, 6.45) is 0.786. The Morgan fingerprint density at radius 2 is 2.11 bits per heavy atom. The molecule has 11 heteroatoms. The van der Waals surface area contributed by atoms with E-state index < -0.39 is 11.9 Å². The molecule has 2 heterocycles. The molecule has 0 spiro atoms. The zero-order valence-electron chi connectivity index (χ0n) is 15.0. The maximum absolute atomic E-state index is 12.0. The molecular weight excluding hydrogens is 410 g/mol. The Hall–Kier alpha value is -1.88. The molecule has 0 aliphatic rings. The molecule has 0 radical (unpaired) electrons. The number of ether oxygens (including phenoxy) is 1. The maximum Gasteiger partial charge on any atom is 0.319 e. The van der Waals surface area contributed by atoms with E-state index in [2.05, 4.69) is 34.2 Å². The van der Waals surface area contributed by atoms with E-state index in [1.807, 2.05) is 6.07 Å². The summed E-state index contributed by atoms with van der Waals surface area (Å²) in [4.78, 5) is 24.7. The lowest BCUT2D eigenvalue weighted by molar-refractivity contribution is 0.0997. The van der Waals surface area contributed by atoms with Crippen LogP contribution in [0.1, 0.15) is 35.5 Å². The molecule has 5 N–H and O–H groups in total. The van der Waals surface area contributed by atoms with Gasteiger partial charge in [-0.05, 0) is 36.6 Å². The zero-order chi connectivity index (χ0) is 19.8. The largest absolute Gasteiger partial charge is 0.471 e. The van der Waals surface area contributed by atoms with Crippen LogP contribution in [0.5, 0.6) is 5.88 Å². The van der Waals surface area contributed by atoms with Gasteiger partial charge in [0, 0.05) is 17.5 Å². The molecule has 0 saturated heterocycles. The van der Waals surface area contributed by atoms with Crippen molar-refractivity contribution >= 4 is 51.4 Å². The Morgan fingerprint density at radius 3 is 2.74 bits per heavy atom. The Bertz CT molecular complexity index is 778. The normalized spacial score (nSPS) is 10.8. The quantitative estimate of drug-likeness (QED) is 0.431. The van der Waals surface area contributed by atoms with Gasteiger partial charge in [0.1, 0.15) is 17.2 Å². The van der Waals surface area contributed by atoms with E-state index in [1.54, 1.807) is 6.07 Å². The molecule has 0 aromatic carbocycles. The molecule has 3 amide bonds. The average Bonchev–Trinajstić information content (AvgIpc) is 3.18. The molecule has 2 aromatic rings. The van der Waals surface area contributed by atoms with E-state index in [-0.39, 0.29) is 23.1 Å². The molecule has 2 aromatic heterocycles. The minimum Gasteiger partial charge on any atom is -0.471 e. The monoisotopic (exact) mass is 431 g/mol. The number of aromatic nitrogens is 1. The van der Waals surface area contributed by atoms with Gasteiger partial charge >= 0.3 is 6.03 Å². The number of hydrogen-bond acceptors (Lipinski definition) is 7. The number of hydrogen-bond donors (Lipinski definition) is 4. The summed E-state index contributed by atoms with van der Waals surface area (Å²) in [7, 11) is 0. The van der Waals surface area contributed by atoms with Crippen LogP contribution < -0.4 is 26.4 Å². The van der Waals surface area contributed by atoms with Crippen LogP contribution in [0, 0.1) is 0 Å². The molecule has 0 aliphatic heterocycles. The number of primary amides is 1. The Morgan fingerprint density at radius 1 is 1.33 bits per heavy atom. The summed E-state index contributed by atoms with van der Waals surface area (Å²) in [6.45, 7) is 5.62. The van der Waals surface area contributed by atoms with Crippen LogP contribution in [0.2, 0.25) is 4.34 Å². The van der Waals surface area contributed by atoms with Crippen LogP contribution in [0.4, 0.5) is 9.80 Å². The van der Waals surface area contributed by atoms with Crippen LogP contribution in [-0.2, 0) is 6.61 Å². The third-order valence-corrected chi connectivity index (χ3v) is 5.26. The first-order valence-electron chi connectivity index (χ1n) is 8.31. The van der Waals surface area contributed by atoms with Crippen LogP contribution in [-0.4, -0.2) is 35.4 Å². The molecule has 0 aliphatic carbocycles. The maximum atomic E-state index is 12.0. The van der Waals surface area contributed by atoms with E-state index in [9.17, 15) is 9.59 Å². The van der Waals surface area contributed by atoms with Crippen molar-refractivity contribution in [2.75, 3.05) is 18.4 Å². The number of rotatable bonds is 10. The van der Waals surface area contributed by atoms with Crippen molar-refractivity contribution < 1.29 is 14.3 Å². The van der Waals surface area contributed by atoms with Crippen molar-refractivity contribution in [3.8, 4) is 5.88 Å². The van der Waals surface area contributed by atoms with E-state index >= 15 is 0 Å². The average molecular weight is 432 g/mol. The van der Waals surface area contributed by atoms with Crippen molar-refractivity contribution in [3.63, 3.8) is 0 Å². The van der Waals surface area contributed by atoms with Crippen molar-refractivity contribution in [2.45, 2.75) is 32.9 Å². The van der Waals surface area contributed by atoms with Crippen molar-refractivity contribution in [3.05, 3.63) is 26.9 Å². The van der Waals surface area contributed by atoms with Gasteiger partial charge in [0.25, 0.3) is 5.91 Å². The standard InChI is InChI=1S/C16H22ClN5O3S2/c1-9(2)19-6-3-7-20-16(24)21-15-12(13(18)23)14(22-27-15)25-8-10-4-5-11(17)26-10/h4-5,9,19H,3,6-8H2,1-2H3,(H2,18,23)(H2,20,21,24). The van der Waals surface area contributed by atoms with Gasteiger partial charge in [0.15, 0.2) is 0 Å². The predicted octanol–water partition coefficient (Wildman–Crippen LogP) is 3.05. The Balaban J connectivity index is 1.89. The summed E-state index contributed by atoms with van der Waals surface area (Å²) < 4.78 is 10.3. The van der Waals surface area contributed by atoms with Gasteiger partial charge in [-0.15, -0.1) is 11.3 Å². The first-order valence-corrected chi connectivity index (χ1v) is 10.3. The van der Waals surface area contributed by atoms with Crippen LogP contribution >= 0.6 is 34.5 Å². The first-order chi connectivity index (χ1) is 12.9. The van der Waals surface area contributed by atoms with Gasteiger partial charge in [-0.2, -0.15) is 4.37 Å². The molecule has 0 saturated carbocycles. The molecule has 0 bridgehead atoms. The first kappa shape index (κ1) is 21.4. The number of carbonyl (C=O) groups excluding carboxylic acids is 2. The van der Waals surface area contributed by atoms with Gasteiger partial charge in [-0.25, -0.2) is 4.79 Å². The highest BCUT2D eigenvalue weighted by molar-refractivity contribution is 7.16. The summed E-state index contributed by atoms with van der Waals surface area (Å²) >= 11 is 8.19. The molecule has 0 atom stereocenters. The molecule has 148 valence electrons. The van der Waals surface area contributed by atoms with Gasteiger partial charge in [0.2, 0.25) is 5.88 Å². The number of nitrogens with one attached hydrogen (secondary N) is 3. The third-order valence-electron chi connectivity index (χ3n) is 3.31. The molecule has 8 nitrogen and oxygen atoms in total. The number of anilines is 1. The summed E-state index contributed by atoms with van der Waals surface area (Å²) in [5, 5.41) is 8.83. The number of halogens is 1. The fraction of sp³-hybridized carbons (Fsp3) is 0.438. The SMILES string of the molecule is CC(C)NCCCNC(=O)Nc1snc(OCc2ccc(Cl)s2)c1C(N)=O. The Kier molecular flexibility index (Phi) is 8.29. The molecule has 2 rings (SSSR count). The number of thiophene rings is 1. The predicted molar refractivity (Wildman–Crippen MR) is 109 cm³/mol. The molecule has 0 unspecified atom stereocenters. The summed E-state index contributed by atoms with van der Waals surface area (Å²) in [5.41, 5.74) is 5.48. The van der Waals surface area contributed by atoms with Crippen molar-refractivity contribution in [1.29, 1.82) is 0 Å². The second-order valence-corrected chi connectivity index (χ2v) is 8.47. The fourth-order valence-corrected chi connectivity index (χ4v) is 3.81. The van der Waals surface area contributed by atoms with Gasteiger partial charge in [-0.3, -0.25) is 10.1 Å². The Labute approximate surface area is 170 Å². The zero-order valence-corrected chi connectivity index (χ0v) is 17.4. The third kappa shape index (κ3) is 6.98. The van der Waals surface area contributed by atoms with Gasteiger partial charge in [-0.1, -0.05) is 25.4 Å². The highest BCUT2D eigenvalue weighted by atomic mass is 35.5. The second kappa shape index (κ2) is 10.5. The molecular formula is C16H22ClN5O3S2. The highest BCUT2D eigenvalue weighted by Crippen LogP contribution is 2.31. The van der Waals surface area contributed by atoms with Gasteiger partial charge < -0.3 is 21.1 Å². The van der Waals surface area contributed by atoms with E-state index in [4.69, 9.17) is 22.1 Å². The summed E-state index contributed by atoms with van der Waals surface area (Å²) in [5.74, 6) is -0.632. The number of nitrogens with zero attached hydrogens (tertiary/aromatic N) is 1. The van der Waals surface area contributed by atoms with E-state index in [0.29, 0.717) is 16.9 Å².